The smallest absolute Gasteiger partial charge is 0.313 e. The van der Waals surface area contributed by atoms with Gasteiger partial charge in [-0.15, -0.1) is 0 Å². The van der Waals surface area contributed by atoms with Gasteiger partial charge in [0.1, 0.15) is 0 Å². The van der Waals surface area contributed by atoms with Crippen molar-refractivity contribution in [2.45, 2.75) is 12.5 Å². The van der Waals surface area contributed by atoms with Crippen LogP contribution < -0.4 is 20.7 Å². The van der Waals surface area contributed by atoms with Gasteiger partial charge < -0.3 is 25.0 Å². The molecule has 0 bridgehead atoms. The summed E-state index contributed by atoms with van der Waals surface area (Å²) >= 11 is 0. The van der Waals surface area contributed by atoms with Crippen LogP contribution in [0, 0.1) is 0 Å². The van der Waals surface area contributed by atoms with Crippen LogP contribution in [0.3, 0.4) is 0 Å². The van der Waals surface area contributed by atoms with E-state index in [1.165, 1.54) is 0 Å². The molecule has 1 aliphatic heterocycles. The number of aliphatic hydroxyl groups excluding tert-OH is 1. The van der Waals surface area contributed by atoms with Crippen LogP contribution in [0.5, 0.6) is 11.5 Å². The highest BCUT2D eigenvalue weighted by molar-refractivity contribution is 6.50. The maximum absolute atomic E-state index is 8.79. The van der Waals surface area contributed by atoms with E-state index in [2.05, 4.69) is 0 Å². The monoisotopic (exact) mass is 251 g/mol. The van der Waals surface area contributed by atoms with Gasteiger partial charge in [-0.1, -0.05) is 6.07 Å². The number of ether oxygens (including phenoxy) is 2. The molecule has 0 aliphatic carbocycles. The van der Waals surface area contributed by atoms with Gasteiger partial charge in [0.15, 0.2) is 11.5 Å². The van der Waals surface area contributed by atoms with E-state index in [1.807, 2.05) is 12.1 Å². The third-order valence-corrected chi connectivity index (χ3v) is 3.02. The molecule has 1 aliphatic rings. The summed E-state index contributed by atoms with van der Waals surface area (Å²) in [6.07, 6.45) is 0.527. The van der Waals surface area contributed by atoms with Crippen molar-refractivity contribution in [3.8, 4) is 11.5 Å². The summed E-state index contributed by atoms with van der Waals surface area (Å²) in [4.78, 5) is 0. The van der Waals surface area contributed by atoms with E-state index in [9.17, 15) is 0 Å². The molecule has 18 heavy (non-hydrogen) atoms. The summed E-state index contributed by atoms with van der Waals surface area (Å²) < 4.78 is 16.6. The Morgan fingerprint density at radius 3 is 3.00 bits per heavy atom. The van der Waals surface area contributed by atoms with Gasteiger partial charge in [-0.25, -0.2) is 0 Å². The van der Waals surface area contributed by atoms with Crippen molar-refractivity contribution < 1.29 is 19.2 Å². The zero-order chi connectivity index (χ0) is 13.0. The molecular weight excluding hydrogens is 233 g/mol. The van der Waals surface area contributed by atoms with Gasteiger partial charge in [-0.3, -0.25) is 0 Å². The number of nitrogens with two attached hydrogens (primary N) is 1. The van der Waals surface area contributed by atoms with E-state index in [1.54, 1.807) is 7.11 Å². The van der Waals surface area contributed by atoms with E-state index in [0.29, 0.717) is 38.6 Å². The van der Waals surface area contributed by atoms with Crippen LogP contribution in [-0.2, 0) is 4.65 Å². The van der Waals surface area contributed by atoms with E-state index in [-0.39, 0.29) is 12.7 Å². The number of fused-ring (bicyclic) bond motifs is 1. The SMILES string of the molecule is COc1ccc2c(c1OCCCO)BOC2CN. The Morgan fingerprint density at radius 2 is 2.33 bits per heavy atom. The predicted octanol–water partition coefficient (Wildman–Crippen LogP) is -0.537. The van der Waals surface area contributed by atoms with Gasteiger partial charge in [0.25, 0.3) is 0 Å². The molecule has 0 aromatic heterocycles. The minimum absolute atomic E-state index is 0.0638. The van der Waals surface area contributed by atoms with Crippen molar-refractivity contribution in [3.63, 3.8) is 0 Å². The minimum atomic E-state index is -0.0638. The second-order valence-electron chi connectivity index (χ2n) is 4.13. The Labute approximate surface area is 107 Å². The first-order valence-corrected chi connectivity index (χ1v) is 6.07. The molecule has 0 spiro atoms. The van der Waals surface area contributed by atoms with Crippen LogP contribution >= 0.6 is 0 Å². The molecule has 0 amide bonds. The van der Waals surface area contributed by atoms with E-state index in [4.69, 9.17) is 25.0 Å². The van der Waals surface area contributed by atoms with Crippen molar-refractivity contribution in [1.82, 2.24) is 0 Å². The van der Waals surface area contributed by atoms with Gasteiger partial charge >= 0.3 is 7.48 Å². The second-order valence-corrected chi connectivity index (χ2v) is 4.13. The topological polar surface area (TPSA) is 73.9 Å². The van der Waals surface area contributed by atoms with Gasteiger partial charge in [-0.05, 0) is 17.1 Å². The zero-order valence-electron chi connectivity index (χ0n) is 10.5. The fraction of sp³-hybridized carbons (Fsp3) is 0.500. The molecule has 98 valence electrons. The number of benzene rings is 1. The Morgan fingerprint density at radius 1 is 1.50 bits per heavy atom. The van der Waals surface area contributed by atoms with Crippen molar-refractivity contribution in [3.05, 3.63) is 17.7 Å². The molecule has 0 fully saturated rings. The second kappa shape index (κ2) is 6.09. The third-order valence-electron chi connectivity index (χ3n) is 3.02. The van der Waals surface area contributed by atoms with E-state index >= 15 is 0 Å². The van der Waals surface area contributed by atoms with Crippen molar-refractivity contribution >= 4 is 12.9 Å². The van der Waals surface area contributed by atoms with Crippen LogP contribution in [0.4, 0.5) is 0 Å². The first-order valence-electron chi connectivity index (χ1n) is 6.07. The maximum Gasteiger partial charge on any atom is 0.313 e. The summed E-state index contributed by atoms with van der Waals surface area (Å²) in [5.74, 6) is 1.40. The lowest BCUT2D eigenvalue weighted by Gasteiger charge is -2.15. The Bertz CT molecular complexity index is 413. The average molecular weight is 251 g/mol. The molecule has 1 unspecified atom stereocenters. The van der Waals surface area contributed by atoms with Crippen molar-refractivity contribution in [2.24, 2.45) is 5.73 Å². The van der Waals surface area contributed by atoms with Gasteiger partial charge in [0.05, 0.1) is 19.8 Å². The van der Waals surface area contributed by atoms with Gasteiger partial charge in [-0.2, -0.15) is 0 Å². The first kappa shape index (κ1) is 13.2. The average Bonchev–Trinajstić information content (AvgIpc) is 2.82. The van der Waals surface area contributed by atoms with E-state index < -0.39 is 0 Å². The summed E-state index contributed by atoms with van der Waals surface area (Å²) in [6, 6.07) is 3.84. The fourth-order valence-corrected chi connectivity index (χ4v) is 2.10. The molecule has 2 rings (SSSR count). The minimum Gasteiger partial charge on any atom is -0.493 e. The number of aliphatic hydroxyl groups is 1. The number of hydrogen-bond donors (Lipinski definition) is 2. The zero-order valence-corrected chi connectivity index (χ0v) is 10.5. The van der Waals surface area contributed by atoms with Crippen molar-refractivity contribution in [1.29, 1.82) is 0 Å². The molecule has 1 aromatic rings. The van der Waals surface area contributed by atoms with Crippen LogP contribution in [0.15, 0.2) is 12.1 Å². The number of methoxy groups -OCH3 is 1. The summed E-state index contributed by atoms with van der Waals surface area (Å²) in [5, 5.41) is 8.79. The quantitative estimate of drug-likeness (QED) is 0.525. The maximum atomic E-state index is 8.79. The summed E-state index contributed by atoms with van der Waals surface area (Å²) in [6.45, 7) is 1.02. The normalized spacial score (nSPS) is 17.2. The number of rotatable bonds is 6. The first-order chi connectivity index (χ1) is 8.81. The molecule has 0 saturated heterocycles. The van der Waals surface area contributed by atoms with Crippen LogP contribution in [0.2, 0.25) is 0 Å². The van der Waals surface area contributed by atoms with Gasteiger partial charge in [0, 0.05) is 19.6 Å². The van der Waals surface area contributed by atoms with Crippen LogP contribution in [0.25, 0.3) is 0 Å². The van der Waals surface area contributed by atoms with Crippen LogP contribution in [0.1, 0.15) is 18.1 Å². The highest BCUT2D eigenvalue weighted by atomic mass is 16.5. The molecule has 5 nitrogen and oxygen atoms in total. The largest absolute Gasteiger partial charge is 0.493 e. The Balaban J connectivity index is 2.27. The fourth-order valence-electron chi connectivity index (χ4n) is 2.10. The lowest BCUT2D eigenvalue weighted by atomic mass is 9.85. The lowest BCUT2D eigenvalue weighted by Crippen LogP contribution is -2.18. The molecular formula is C12H18BNO4. The molecule has 0 saturated carbocycles. The van der Waals surface area contributed by atoms with E-state index in [0.717, 1.165) is 11.0 Å². The third kappa shape index (κ3) is 2.45. The molecule has 0 radical (unpaired) electrons. The summed E-state index contributed by atoms with van der Waals surface area (Å²) in [5.41, 5.74) is 7.73. The summed E-state index contributed by atoms with van der Waals surface area (Å²) in [7, 11) is 2.10. The molecule has 1 atom stereocenters. The van der Waals surface area contributed by atoms with Crippen LogP contribution in [-0.4, -0.2) is 39.5 Å². The molecule has 6 heteroatoms. The Hall–Kier alpha value is -1.24. The number of hydrogen-bond acceptors (Lipinski definition) is 5. The highest BCUT2D eigenvalue weighted by Gasteiger charge is 2.28. The highest BCUT2D eigenvalue weighted by Crippen LogP contribution is 2.32. The lowest BCUT2D eigenvalue weighted by molar-refractivity contribution is 0.229. The molecule has 1 aromatic carbocycles. The predicted molar refractivity (Wildman–Crippen MR) is 69.9 cm³/mol. The van der Waals surface area contributed by atoms with Gasteiger partial charge in [0.2, 0.25) is 0 Å². The standard InChI is InChI=1S/C12H18BNO4/c1-16-9-4-3-8-10(7-14)18-13-11(8)12(9)17-6-2-5-15/h3-4,10,13,15H,2,5-7,14H2,1H3. The Kier molecular flexibility index (Phi) is 4.46. The molecule has 1 heterocycles. The molecule has 3 N–H and O–H groups in total. The van der Waals surface area contributed by atoms with Crippen molar-refractivity contribution in [2.75, 3.05) is 26.9 Å².